The highest BCUT2D eigenvalue weighted by molar-refractivity contribution is 6.03. The van der Waals surface area contributed by atoms with E-state index in [1.54, 1.807) is 6.08 Å². The number of ether oxygens (including phenoxy) is 4. The summed E-state index contributed by atoms with van der Waals surface area (Å²) in [5.41, 5.74) is 3.86. The second-order valence-corrected chi connectivity index (χ2v) is 20.6. The van der Waals surface area contributed by atoms with E-state index in [9.17, 15) is 10.2 Å². The van der Waals surface area contributed by atoms with E-state index in [2.05, 4.69) is 90.4 Å². The van der Waals surface area contributed by atoms with Crippen molar-refractivity contribution < 1.29 is 38.8 Å². The highest BCUT2D eigenvalue weighted by Gasteiger charge is 2.65. The molecule has 7 atom stereocenters. The van der Waals surface area contributed by atoms with Gasteiger partial charge in [-0.15, -0.1) is 6.58 Å². The Balaban J connectivity index is 1.16. The summed E-state index contributed by atoms with van der Waals surface area (Å²) in [6.45, 7) is 5.57. The van der Waals surface area contributed by atoms with Crippen molar-refractivity contribution in [1.82, 2.24) is 4.90 Å². The van der Waals surface area contributed by atoms with Crippen LogP contribution < -0.4 is 9.47 Å². The Morgan fingerprint density at radius 1 is 0.803 bits per heavy atom. The van der Waals surface area contributed by atoms with E-state index in [0.717, 1.165) is 114 Å². The molecule has 3 aliphatic carbocycles. The number of fused-ring (bicyclic) bond motifs is 4. The molecular weight excluding hydrogens is 889 g/mol. The summed E-state index contributed by atoms with van der Waals surface area (Å²) in [5.74, 6) is 0.901. The lowest BCUT2D eigenvalue weighted by atomic mass is 9.55. The number of carbonyl (C=O) groups excluding carboxylic acids is 1. The summed E-state index contributed by atoms with van der Waals surface area (Å²) >= 11 is 0. The van der Waals surface area contributed by atoms with Crippen molar-refractivity contribution in [2.75, 3.05) is 26.4 Å². The first kappa shape index (κ1) is 49.1. The maximum atomic E-state index is 15.6. The number of hydrogen-bond donors (Lipinski definition) is 2. The van der Waals surface area contributed by atoms with E-state index in [0.29, 0.717) is 56.3 Å². The van der Waals surface area contributed by atoms with Crippen molar-refractivity contribution in [2.24, 2.45) is 28.8 Å². The van der Waals surface area contributed by atoms with Crippen LogP contribution in [0, 0.1) is 23.7 Å². The zero-order valence-electron chi connectivity index (χ0n) is 41.3. The van der Waals surface area contributed by atoms with Gasteiger partial charge in [0, 0.05) is 50.5 Å². The molecule has 0 spiro atoms. The Morgan fingerprint density at radius 3 is 2.35 bits per heavy atom. The first-order chi connectivity index (χ1) is 35.0. The summed E-state index contributed by atoms with van der Waals surface area (Å²) in [6, 6.07) is 34.8. The standard InChI is InChI=1S/C61H72N2O8/c1-2-35-68-61-56(63(57(66)32-27-42-16-3-4-17-42)41-47-23-15-22-44-19-7-8-24-50(44)47)40-54(62-71-58-26-11-14-36-67-58)52-38-46(21-9-12-33-64)51(25-10-13-34-65)59(60(52)61)53-39-49(30-31-55(53)70-61)69-48-29-28-43-18-5-6-20-45(43)37-48/h2,5-8,15,18-20,22-24,28-31,37-39,42,46,51,56,58-60,64-65H,1,3-4,9-14,16-17,21,25-27,32-36,40-41H2. The molecule has 5 aromatic rings. The third kappa shape index (κ3) is 10.7. The summed E-state index contributed by atoms with van der Waals surface area (Å²) in [6.07, 6.45) is 17.5. The number of carbonyl (C=O) groups is 1. The minimum Gasteiger partial charge on any atom is -0.459 e. The summed E-state index contributed by atoms with van der Waals surface area (Å²) in [4.78, 5) is 24.1. The molecule has 2 aliphatic heterocycles. The molecule has 10 nitrogen and oxygen atoms in total. The van der Waals surface area contributed by atoms with E-state index in [4.69, 9.17) is 28.9 Å². The molecule has 2 N–H and O–H groups in total. The summed E-state index contributed by atoms with van der Waals surface area (Å²) in [5, 5.41) is 29.9. The van der Waals surface area contributed by atoms with Gasteiger partial charge in [0.25, 0.3) is 0 Å². The van der Waals surface area contributed by atoms with Gasteiger partial charge < -0.3 is 38.9 Å². The molecule has 71 heavy (non-hydrogen) atoms. The van der Waals surface area contributed by atoms with Crippen LogP contribution in [-0.2, 0) is 25.7 Å². The predicted octanol–water partition coefficient (Wildman–Crippen LogP) is 12.9. The number of amides is 1. The van der Waals surface area contributed by atoms with Gasteiger partial charge in [0.05, 0.1) is 24.8 Å². The van der Waals surface area contributed by atoms with Gasteiger partial charge in [0.1, 0.15) is 23.3 Å². The molecule has 0 bridgehead atoms. The fourth-order valence-electron chi connectivity index (χ4n) is 12.8. The Kier molecular flexibility index (Phi) is 15.8. The maximum Gasteiger partial charge on any atom is 0.239 e. The number of oxime groups is 1. The van der Waals surface area contributed by atoms with Crippen molar-refractivity contribution in [3.8, 4) is 17.2 Å². The van der Waals surface area contributed by atoms with Gasteiger partial charge in [-0.3, -0.25) is 4.79 Å². The quantitative estimate of drug-likeness (QED) is 0.0424. The molecule has 7 unspecified atom stereocenters. The van der Waals surface area contributed by atoms with Crippen LogP contribution in [0.1, 0.15) is 120 Å². The Hall–Kier alpha value is -5.52. The van der Waals surface area contributed by atoms with Crippen molar-refractivity contribution in [3.05, 3.63) is 139 Å². The van der Waals surface area contributed by atoms with Gasteiger partial charge in [-0.1, -0.05) is 129 Å². The predicted molar refractivity (Wildman–Crippen MR) is 279 cm³/mol. The number of rotatable bonds is 21. The highest BCUT2D eigenvalue weighted by Crippen LogP contribution is 2.62. The number of aliphatic hydroxyl groups excluding tert-OH is 2. The minimum absolute atomic E-state index is 0.0713. The summed E-state index contributed by atoms with van der Waals surface area (Å²) < 4.78 is 27.9. The number of allylic oxidation sites excluding steroid dienone is 1. The van der Waals surface area contributed by atoms with Crippen LogP contribution in [-0.4, -0.2) is 71.3 Å². The molecule has 10 rings (SSSR count). The average Bonchev–Trinajstić information content (AvgIpc) is 3.94. The first-order valence-electron chi connectivity index (χ1n) is 26.7. The molecular formula is C61H72N2O8. The molecule has 10 heteroatoms. The molecule has 5 aromatic carbocycles. The lowest BCUT2D eigenvalue weighted by molar-refractivity contribution is -0.258. The second kappa shape index (κ2) is 22.9. The van der Waals surface area contributed by atoms with E-state index in [-0.39, 0.29) is 43.5 Å². The van der Waals surface area contributed by atoms with E-state index >= 15 is 4.79 Å². The van der Waals surface area contributed by atoms with Gasteiger partial charge in [0.15, 0.2) is 0 Å². The smallest absolute Gasteiger partial charge is 0.239 e. The number of unbranched alkanes of at least 4 members (excludes halogenated alkanes) is 2. The highest BCUT2D eigenvalue weighted by atomic mass is 16.8. The van der Waals surface area contributed by atoms with Crippen LogP contribution in [0.3, 0.4) is 0 Å². The second-order valence-electron chi connectivity index (χ2n) is 20.6. The molecule has 5 aliphatic rings. The van der Waals surface area contributed by atoms with Gasteiger partial charge in [-0.2, -0.15) is 0 Å². The van der Waals surface area contributed by atoms with Crippen LogP contribution in [0.5, 0.6) is 17.2 Å². The van der Waals surface area contributed by atoms with Crippen molar-refractivity contribution in [2.45, 2.75) is 133 Å². The van der Waals surface area contributed by atoms with E-state index in [1.807, 2.05) is 30.3 Å². The van der Waals surface area contributed by atoms with Crippen LogP contribution in [0.4, 0.5) is 0 Å². The van der Waals surface area contributed by atoms with Gasteiger partial charge >= 0.3 is 0 Å². The van der Waals surface area contributed by atoms with Crippen LogP contribution in [0.25, 0.3) is 21.5 Å². The van der Waals surface area contributed by atoms with Crippen molar-refractivity contribution in [1.29, 1.82) is 0 Å². The van der Waals surface area contributed by atoms with Gasteiger partial charge in [-0.25, -0.2) is 0 Å². The lowest BCUT2D eigenvalue weighted by Gasteiger charge is -2.60. The molecule has 3 fully saturated rings. The fraction of sp³-hybridized carbons (Fsp3) is 0.475. The number of hydrogen-bond acceptors (Lipinski definition) is 9. The molecule has 0 radical (unpaired) electrons. The number of benzene rings is 5. The fourth-order valence-corrected chi connectivity index (χ4v) is 12.8. The van der Waals surface area contributed by atoms with E-state index in [1.165, 1.54) is 12.8 Å². The molecule has 374 valence electrons. The van der Waals surface area contributed by atoms with Crippen molar-refractivity contribution >= 4 is 33.2 Å². The Morgan fingerprint density at radius 2 is 1.55 bits per heavy atom. The lowest BCUT2D eigenvalue weighted by Crippen LogP contribution is -2.70. The normalized spacial score (nSPS) is 25.5. The maximum absolute atomic E-state index is 15.6. The van der Waals surface area contributed by atoms with Gasteiger partial charge in [-0.05, 0) is 126 Å². The average molecular weight is 961 g/mol. The van der Waals surface area contributed by atoms with Crippen molar-refractivity contribution in [3.63, 3.8) is 0 Å². The SMILES string of the molecule is C=CCOC12Oc3ccc(Oc4ccc5ccccc5c4)cc3C3C(CCCCO)C(CCCCO)C=C(C(=NOC4CCCCO4)CC1N(Cc1cccc4ccccc14)C(=O)CCC1CCCC1)C32. The third-order valence-electron chi connectivity index (χ3n) is 16.2. The Bertz CT molecular complexity index is 2680. The van der Waals surface area contributed by atoms with Gasteiger partial charge in [0.2, 0.25) is 18.0 Å². The number of aliphatic hydroxyl groups is 2. The molecule has 1 saturated heterocycles. The summed E-state index contributed by atoms with van der Waals surface area (Å²) in [7, 11) is 0. The zero-order chi connectivity index (χ0) is 48.6. The molecule has 2 saturated carbocycles. The zero-order valence-corrected chi connectivity index (χ0v) is 41.3. The monoisotopic (exact) mass is 961 g/mol. The molecule has 0 aromatic heterocycles. The largest absolute Gasteiger partial charge is 0.459 e. The van der Waals surface area contributed by atoms with Crippen LogP contribution >= 0.6 is 0 Å². The van der Waals surface area contributed by atoms with E-state index < -0.39 is 24.0 Å². The number of nitrogens with zero attached hydrogens (tertiary/aromatic N) is 2. The first-order valence-corrected chi connectivity index (χ1v) is 26.7. The third-order valence-corrected chi connectivity index (χ3v) is 16.2. The van der Waals surface area contributed by atoms with Crippen LogP contribution in [0.15, 0.2) is 133 Å². The molecule has 1 amide bonds. The topological polar surface area (TPSA) is 119 Å². The Labute approximate surface area is 419 Å². The molecule has 2 heterocycles. The van der Waals surface area contributed by atoms with Crippen LogP contribution in [0.2, 0.25) is 0 Å². The minimum atomic E-state index is -1.38.